The lowest BCUT2D eigenvalue weighted by atomic mass is 10.3. The first-order valence-electron chi connectivity index (χ1n) is 9.14. The molecule has 11 heteroatoms. The van der Waals surface area contributed by atoms with Gasteiger partial charge in [-0.05, 0) is 40.5 Å². The van der Waals surface area contributed by atoms with Crippen LogP contribution in [0.3, 0.4) is 0 Å². The van der Waals surface area contributed by atoms with Crippen LogP contribution in [-0.2, 0) is 4.74 Å². The summed E-state index contributed by atoms with van der Waals surface area (Å²) in [6.45, 7) is 4.27. The van der Waals surface area contributed by atoms with Gasteiger partial charge in [-0.2, -0.15) is 0 Å². The van der Waals surface area contributed by atoms with Gasteiger partial charge in [0.25, 0.3) is 5.91 Å². The van der Waals surface area contributed by atoms with E-state index in [1.54, 1.807) is 12.1 Å². The van der Waals surface area contributed by atoms with Crippen LogP contribution in [0.25, 0.3) is 10.2 Å². The van der Waals surface area contributed by atoms with Crippen LogP contribution in [-0.4, -0.2) is 55.2 Å². The molecule has 0 N–H and O–H groups in total. The van der Waals surface area contributed by atoms with Crippen LogP contribution in [0.15, 0.2) is 33.4 Å². The van der Waals surface area contributed by atoms with E-state index in [0.717, 1.165) is 37.0 Å². The van der Waals surface area contributed by atoms with Gasteiger partial charge in [-0.15, -0.1) is 12.4 Å². The van der Waals surface area contributed by atoms with Gasteiger partial charge in [-0.3, -0.25) is 14.6 Å². The van der Waals surface area contributed by atoms with Crippen LogP contribution in [0.4, 0.5) is 13.9 Å². The predicted octanol–water partition coefficient (Wildman–Crippen LogP) is 4.72. The summed E-state index contributed by atoms with van der Waals surface area (Å²) < 4.78 is 39.2. The fraction of sp³-hybridized carbons (Fsp3) is 0.368. The summed E-state index contributed by atoms with van der Waals surface area (Å²) in [5.74, 6) is -1.65. The number of benzene rings is 1. The number of halogens is 4. The van der Waals surface area contributed by atoms with E-state index in [9.17, 15) is 13.6 Å². The van der Waals surface area contributed by atoms with Crippen molar-refractivity contribution in [2.45, 2.75) is 6.42 Å². The molecule has 1 fully saturated rings. The van der Waals surface area contributed by atoms with E-state index >= 15 is 0 Å². The Morgan fingerprint density at radius 1 is 1.27 bits per heavy atom. The average molecular weight is 523 g/mol. The molecule has 1 aliphatic rings. The second kappa shape index (κ2) is 10.1. The topological polar surface area (TPSA) is 58.8 Å². The number of anilines is 1. The van der Waals surface area contributed by atoms with Gasteiger partial charge < -0.3 is 9.15 Å². The lowest BCUT2D eigenvalue weighted by Gasteiger charge is -2.27. The van der Waals surface area contributed by atoms with Crippen LogP contribution in [0.2, 0.25) is 0 Å². The molecular weight excluding hydrogens is 504 g/mol. The van der Waals surface area contributed by atoms with Gasteiger partial charge in [0.05, 0.1) is 17.9 Å². The maximum absolute atomic E-state index is 14.1. The van der Waals surface area contributed by atoms with Crippen molar-refractivity contribution in [1.29, 1.82) is 0 Å². The zero-order valence-corrected chi connectivity index (χ0v) is 19.0. The molecular formula is C19H19BrClF2N3O3S. The third kappa shape index (κ3) is 5.17. The van der Waals surface area contributed by atoms with Gasteiger partial charge in [0.15, 0.2) is 21.4 Å². The van der Waals surface area contributed by atoms with E-state index in [-0.39, 0.29) is 29.6 Å². The quantitative estimate of drug-likeness (QED) is 0.469. The molecule has 1 aliphatic heterocycles. The van der Waals surface area contributed by atoms with Crippen LogP contribution >= 0.6 is 39.7 Å². The maximum Gasteiger partial charge on any atom is 0.295 e. The van der Waals surface area contributed by atoms with Crippen LogP contribution < -0.4 is 4.90 Å². The number of rotatable bonds is 6. The van der Waals surface area contributed by atoms with E-state index in [4.69, 9.17) is 9.15 Å². The molecule has 0 spiro atoms. The number of morpholine rings is 1. The second-order valence-corrected chi connectivity index (χ2v) is 8.39. The number of furan rings is 1. The number of carbonyl (C=O) groups is 1. The van der Waals surface area contributed by atoms with Crippen molar-refractivity contribution in [3.05, 3.63) is 46.3 Å². The molecule has 2 aromatic heterocycles. The van der Waals surface area contributed by atoms with Crippen molar-refractivity contribution in [3.8, 4) is 0 Å². The van der Waals surface area contributed by atoms with Gasteiger partial charge >= 0.3 is 0 Å². The van der Waals surface area contributed by atoms with Crippen molar-refractivity contribution >= 4 is 60.9 Å². The number of thiazole rings is 1. The monoisotopic (exact) mass is 521 g/mol. The molecule has 0 radical (unpaired) electrons. The van der Waals surface area contributed by atoms with Gasteiger partial charge in [0.2, 0.25) is 0 Å². The molecule has 3 aromatic rings. The van der Waals surface area contributed by atoms with E-state index < -0.39 is 11.6 Å². The van der Waals surface area contributed by atoms with Crippen molar-refractivity contribution in [2.75, 3.05) is 44.3 Å². The number of nitrogens with zero attached hydrogens (tertiary/aromatic N) is 3. The lowest BCUT2D eigenvalue weighted by Crippen LogP contribution is -2.39. The highest BCUT2D eigenvalue weighted by molar-refractivity contribution is 9.10. The number of hydrogen-bond donors (Lipinski definition) is 0. The van der Waals surface area contributed by atoms with Crippen molar-refractivity contribution in [1.82, 2.24) is 9.88 Å². The largest absolute Gasteiger partial charge is 0.444 e. The molecule has 1 saturated heterocycles. The second-order valence-electron chi connectivity index (χ2n) is 6.60. The third-order valence-electron chi connectivity index (χ3n) is 4.62. The zero-order valence-electron chi connectivity index (χ0n) is 15.8. The van der Waals surface area contributed by atoms with E-state index in [0.29, 0.717) is 40.7 Å². The molecule has 0 saturated carbocycles. The van der Waals surface area contributed by atoms with Crippen LogP contribution in [0.1, 0.15) is 17.0 Å². The standard InChI is InChI=1S/C19H18BrF2N3O3S.ClH/c20-16-3-2-14(28-16)18(26)25(5-1-4-24-6-8-27-9-7-24)19-23-17-13(22)10-12(21)11-15(17)29-19;/h2-3,10-11H,1,4-9H2;1H. The Bertz CT molecular complexity index is 1030. The number of hydrogen-bond acceptors (Lipinski definition) is 6. The Balaban J connectivity index is 0.00000256. The Kier molecular flexibility index (Phi) is 7.81. The summed E-state index contributed by atoms with van der Waals surface area (Å²) in [6, 6.07) is 5.21. The Morgan fingerprint density at radius 2 is 2.03 bits per heavy atom. The van der Waals surface area contributed by atoms with Gasteiger partial charge in [0, 0.05) is 32.2 Å². The fourth-order valence-corrected chi connectivity index (χ4v) is 4.52. The highest BCUT2D eigenvalue weighted by Gasteiger charge is 2.25. The molecule has 30 heavy (non-hydrogen) atoms. The van der Waals surface area contributed by atoms with Crippen LogP contribution in [0, 0.1) is 11.6 Å². The Labute approximate surface area is 190 Å². The van der Waals surface area contributed by atoms with Crippen LogP contribution in [0.5, 0.6) is 0 Å². The number of carbonyl (C=O) groups excluding carboxylic acids is 1. The summed E-state index contributed by atoms with van der Waals surface area (Å²) in [5, 5.41) is 0.309. The number of ether oxygens (including phenoxy) is 1. The minimum atomic E-state index is -0.746. The minimum absolute atomic E-state index is 0. The molecule has 162 valence electrons. The number of aromatic nitrogens is 1. The van der Waals surface area contributed by atoms with Crippen molar-refractivity contribution in [3.63, 3.8) is 0 Å². The van der Waals surface area contributed by atoms with Gasteiger partial charge in [-0.1, -0.05) is 11.3 Å². The third-order valence-corrected chi connectivity index (χ3v) is 6.07. The van der Waals surface area contributed by atoms with E-state index in [1.165, 1.54) is 11.0 Å². The number of amides is 1. The highest BCUT2D eigenvalue weighted by Crippen LogP contribution is 2.32. The summed E-state index contributed by atoms with van der Waals surface area (Å²) in [5.41, 5.74) is 0.0537. The molecule has 1 aromatic carbocycles. The molecule has 4 rings (SSSR count). The Hall–Kier alpha value is -1.59. The average Bonchev–Trinajstić information content (AvgIpc) is 3.32. The molecule has 0 aliphatic carbocycles. The minimum Gasteiger partial charge on any atom is -0.444 e. The maximum atomic E-state index is 14.1. The summed E-state index contributed by atoms with van der Waals surface area (Å²) in [4.78, 5) is 21.0. The van der Waals surface area contributed by atoms with Crippen molar-refractivity contribution in [2.24, 2.45) is 0 Å². The molecule has 3 heterocycles. The molecule has 0 atom stereocenters. The smallest absolute Gasteiger partial charge is 0.295 e. The summed E-state index contributed by atoms with van der Waals surface area (Å²) >= 11 is 4.27. The molecule has 0 bridgehead atoms. The first kappa shape index (κ1) is 23.1. The van der Waals surface area contributed by atoms with Gasteiger partial charge in [0.1, 0.15) is 11.3 Å². The summed E-state index contributed by atoms with van der Waals surface area (Å²) in [6.07, 6.45) is 0.695. The fourth-order valence-electron chi connectivity index (χ4n) is 3.18. The highest BCUT2D eigenvalue weighted by atomic mass is 79.9. The first-order valence-corrected chi connectivity index (χ1v) is 10.7. The van der Waals surface area contributed by atoms with Gasteiger partial charge in [-0.25, -0.2) is 13.8 Å². The predicted molar refractivity (Wildman–Crippen MR) is 117 cm³/mol. The normalized spacial score (nSPS) is 14.6. The number of fused-ring (bicyclic) bond motifs is 1. The Morgan fingerprint density at radius 3 is 2.73 bits per heavy atom. The zero-order chi connectivity index (χ0) is 20.4. The molecule has 1 amide bonds. The summed E-state index contributed by atoms with van der Waals surface area (Å²) in [7, 11) is 0. The van der Waals surface area contributed by atoms with E-state index in [2.05, 4.69) is 25.8 Å². The van der Waals surface area contributed by atoms with Crippen molar-refractivity contribution < 1.29 is 22.7 Å². The SMILES string of the molecule is Cl.O=C(c1ccc(Br)o1)N(CCCN1CCOCC1)c1nc2c(F)cc(F)cc2s1. The first-order chi connectivity index (χ1) is 14.0. The molecule has 6 nitrogen and oxygen atoms in total. The lowest BCUT2D eigenvalue weighted by molar-refractivity contribution is 0.0376. The van der Waals surface area contributed by atoms with E-state index in [1.807, 2.05) is 0 Å². The molecule has 0 unspecified atom stereocenters.